The number of hydrogen-bond donors (Lipinski definition) is 2. The van der Waals surface area contributed by atoms with E-state index in [1.54, 1.807) is 0 Å². The topological polar surface area (TPSA) is 53.5 Å². The van der Waals surface area contributed by atoms with Gasteiger partial charge in [0.15, 0.2) is 0 Å². The lowest BCUT2D eigenvalue weighted by molar-refractivity contribution is -0.137. The van der Waals surface area contributed by atoms with Gasteiger partial charge in [0.25, 0.3) is 0 Å². The van der Waals surface area contributed by atoms with E-state index in [1.807, 2.05) is 0 Å². The van der Waals surface area contributed by atoms with Gasteiger partial charge in [-0.3, -0.25) is 0 Å². The van der Waals surface area contributed by atoms with Crippen molar-refractivity contribution in [3.63, 3.8) is 0 Å². The number of carbonyl (C=O) groups is 1. The highest BCUT2D eigenvalue weighted by molar-refractivity contribution is 6.00. The standard InChI is InChI=1S/C16H20F3N3O/c1-11(13-9-5-6-10-14(13)16(17,18)19)21-22-15(23)20-12-7-3-2-4-8-12/h5-6,9-10,12H,2-4,7-8H2,1H3,(H2,20,22,23)/b21-11-. The highest BCUT2D eigenvalue weighted by Crippen LogP contribution is 2.32. The van der Waals surface area contributed by atoms with Crippen molar-refractivity contribution in [2.45, 2.75) is 51.2 Å². The van der Waals surface area contributed by atoms with E-state index in [2.05, 4.69) is 15.8 Å². The molecule has 1 aliphatic carbocycles. The number of benzene rings is 1. The van der Waals surface area contributed by atoms with E-state index in [-0.39, 0.29) is 17.3 Å². The molecule has 0 aromatic heterocycles. The molecule has 0 saturated heterocycles. The van der Waals surface area contributed by atoms with Crippen LogP contribution in [0.25, 0.3) is 0 Å². The van der Waals surface area contributed by atoms with Crippen molar-refractivity contribution in [1.82, 2.24) is 10.7 Å². The lowest BCUT2D eigenvalue weighted by Crippen LogP contribution is -2.41. The number of nitrogens with one attached hydrogen (secondary N) is 2. The Hall–Kier alpha value is -2.05. The van der Waals surface area contributed by atoms with Crippen LogP contribution in [0.15, 0.2) is 29.4 Å². The molecule has 0 aliphatic heterocycles. The Balaban J connectivity index is 2.01. The predicted molar refractivity (Wildman–Crippen MR) is 82.2 cm³/mol. The molecule has 1 aromatic carbocycles. The second-order valence-corrected chi connectivity index (χ2v) is 5.66. The number of halogens is 3. The molecule has 2 rings (SSSR count). The zero-order chi connectivity index (χ0) is 16.9. The molecular weight excluding hydrogens is 307 g/mol. The zero-order valence-electron chi connectivity index (χ0n) is 12.9. The summed E-state index contributed by atoms with van der Waals surface area (Å²) in [5, 5.41) is 6.58. The summed E-state index contributed by atoms with van der Waals surface area (Å²) in [4.78, 5) is 11.8. The Labute approximate surface area is 133 Å². The molecule has 0 heterocycles. The first-order valence-electron chi connectivity index (χ1n) is 7.65. The SMILES string of the molecule is C/C(=N/NC(=O)NC1CCCCC1)c1ccccc1C(F)(F)F. The Morgan fingerprint density at radius 3 is 2.48 bits per heavy atom. The second-order valence-electron chi connectivity index (χ2n) is 5.66. The van der Waals surface area contributed by atoms with Gasteiger partial charge in [0.1, 0.15) is 0 Å². The Morgan fingerprint density at radius 2 is 1.83 bits per heavy atom. The van der Waals surface area contributed by atoms with E-state index >= 15 is 0 Å². The molecule has 0 atom stereocenters. The highest BCUT2D eigenvalue weighted by atomic mass is 19.4. The van der Waals surface area contributed by atoms with E-state index in [4.69, 9.17) is 0 Å². The van der Waals surface area contributed by atoms with Crippen LogP contribution in [-0.4, -0.2) is 17.8 Å². The third-order valence-electron chi connectivity index (χ3n) is 3.89. The van der Waals surface area contributed by atoms with Gasteiger partial charge in [0.05, 0.1) is 11.3 Å². The Kier molecular flexibility index (Phi) is 5.63. The number of urea groups is 1. The minimum Gasteiger partial charge on any atom is -0.334 e. The molecule has 4 nitrogen and oxygen atoms in total. The van der Waals surface area contributed by atoms with E-state index in [9.17, 15) is 18.0 Å². The van der Waals surface area contributed by atoms with Gasteiger partial charge in [0, 0.05) is 11.6 Å². The molecule has 126 valence electrons. The number of hydrogen-bond acceptors (Lipinski definition) is 2. The summed E-state index contributed by atoms with van der Waals surface area (Å²) in [6.45, 7) is 1.44. The van der Waals surface area contributed by atoms with Gasteiger partial charge in [-0.05, 0) is 25.8 Å². The fraction of sp³-hybridized carbons (Fsp3) is 0.500. The quantitative estimate of drug-likeness (QED) is 0.638. The average molecular weight is 327 g/mol. The molecule has 0 radical (unpaired) electrons. The monoisotopic (exact) mass is 327 g/mol. The molecule has 1 saturated carbocycles. The van der Waals surface area contributed by atoms with Gasteiger partial charge in [-0.15, -0.1) is 0 Å². The van der Waals surface area contributed by atoms with Crippen LogP contribution in [-0.2, 0) is 6.18 Å². The van der Waals surface area contributed by atoms with Crippen molar-refractivity contribution in [2.75, 3.05) is 0 Å². The highest BCUT2D eigenvalue weighted by Gasteiger charge is 2.33. The smallest absolute Gasteiger partial charge is 0.334 e. The average Bonchev–Trinajstić information content (AvgIpc) is 2.53. The van der Waals surface area contributed by atoms with Gasteiger partial charge in [-0.25, -0.2) is 10.2 Å². The van der Waals surface area contributed by atoms with Gasteiger partial charge < -0.3 is 5.32 Å². The molecule has 1 aromatic rings. The lowest BCUT2D eigenvalue weighted by atomic mass is 9.96. The summed E-state index contributed by atoms with van der Waals surface area (Å²) < 4.78 is 38.9. The third kappa shape index (κ3) is 4.97. The number of carbonyl (C=O) groups excluding carboxylic acids is 1. The van der Waals surface area contributed by atoms with Crippen LogP contribution < -0.4 is 10.7 Å². The van der Waals surface area contributed by atoms with Crippen LogP contribution in [0.2, 0.25) is 0 Å². The van der Waals surface area contributed by atoms with Crippen LogP contribution in [0.1, 0.15) is 50.2 Å². The van der Waals surface area contributed by atoms with E-state index < -0.39 is 17.8 Å². The van der Waals surface area contributed by atoms with Crippen LogP contribution in [0, 0.1) is 0 Å². The summed E-state index contributed by atoms with van der Waals surface area (Å²) in [5.74, 6) is 0. The first-order valence-corrected chi connectivity index (χ1v) is 7.65. The van der Waals surface area contributed by atoms with Crippen molar-refractivity contribution >= 4 is 11.7 Å². The Morgan fingerprint density at radius 1 is 1.17 bits per heavy atom. The fourth-order valence-corrected chi connectivity index (χ4v) is 2.71. The molecular formula is C16H20F3N3O. The third-order valence-corrected chi connectivity index (χ3v) is 3.89. The molecule has 0 unspecified atom stereocenters. The summed E-state index contributed by atoms with van der Waals surface area (Å²) in [7, 11) is 0. The Bertz CT molecular complexity index is 578. The van der Waals surface area contributed by atoms with Crippen molar-refractivity contribution in [1.29, 1.82) is 0 Å². The minimum absolute atomic E-state index is 0.0435. The van der Waals surface area contributed by atoms with Crippen LogP contribution in [0.5, 0.6) is 0 Å². The van der Waals surface area contributed by atoms with Crippen molar-refractivity contribution in [2.24, 2.45) is 5.10 Å². The molecule has 1 aliphatic rings. The molecule has 2 N–H and O–H groups in total. The molecule has 23 heavy (non-hydrogen) atoms. The largest absolute Gasteiger partial charge is 0.417 e. The van der Waals surface area contributed by atoms with Gasteiger partial charge >= 0.3 is 12.2 Å². The van der Waals surface area contributed by atoms with Crippen LogP contribution >= 0.6 is 0 Å². The molecule has 2 amide bonds. The maximum absolute atomic E-state index is 13.0. The maximum atomic E-state index is 13.0. The van der Waals surface area contributed by atoms with Crippen molar-refractivity contribution < 1.29 is 18.0 Å². The first-order chi connectivity index (χ1) is 10.9. The normalized spacial score (nSPS) is 17.0. The fourth-order valence-electron chi connectivity index (χ4n) is 2.71. The first kappa shape index (κ1) is 17.3. The molecule has 0 spiro atoms. The number of nitrogens with zero attached hydrogens (tertiary/aromatic N) is 1. The molecule has 1 fully saturated rings. The second kappa shape index (κ2) is 7.48. The lowest BCUT2D eigenvalue weighted by Gasteiger charge is -2.22. The van der Waals surface area contributed by atoms with E-state index in [0.717, 1.165) is 31.7 Å². The van der Waals surface area contributed by atoms with Gasteiger partial charge in [-0.2, -0.15) is 18.3 Å². The van der Waals surface area contributed by atoms with Gasteiger partial charge in [0.2, 0.25) is 0 Å². The van der Waals surface area contributed by atoms with Crippen LogP contribution in [0.3, 0.4) is 0 Å². The van der Waals surface area contributed by atoms with Crippen molar-refractivity contribution in [3.05, 3.63) is 35.4 Å². The zero-order valence-corrected chi connectivity index (χ0v) is 12.9. The number of rotatable bonds is 3. The molecule has 0 bridgehead atoms. The van der Waals surface area contributed by atoms with E-state index in [1.165, 1.54) is 31.5 Å². The summed E-state index contributed by atoms with van der Waals surface area (Å²) in [6.07, 6.45) is 0.710. The predicted octanol–water partition coefficient (Wildman–Crippen LogP) is 4.06. The molecule has 7 heteroatoms. The summed E-state index contributed by atoms with van der Waals surface area (Å²) >= 11 is 0. The maximum Gasteiger partial charge on any atom is 0.417 e. The summed E-state index contributed by atoms with van der Waals surface area (Å²) in [5.41, 5.74) is 1.57. The van der Waals surface area contributed by atoms with E-state index in [0.29, 0.717) is 0 Å². The minimum atomic E-state index is -4.46. The number of alkyl halides is 3. The van der Waals surface area contributed by atoms with Crippen LogP contribution in [0.4, 0.5) is 18.0 Å². The number of hydrazone groups is 1. The van der Waals surface area contributed by atoms with Crippen molar-refractivity contribution in [3.8, 4) is 0 Å². The summed E-state index contributed by atoms with van der Waals surface area (Å²) in [6, 6.07) is 4.79. The number of amides is 2. The van der Waals surface area contributed by atoms with Gasteiger partial charge in [-0.1, -0.05) is 37.5 Å².